The molecule has 2 aromatic heterocycles. The van der Waals surface area contributed by atoms with Gasteiger partial charge in [0.25, 0.3) is 11.6 Å². The number of esters is 1. The number of ketones is 1. The number of carbonyl (C=O) groups is 2. The molecule has 10 heteroatoms. The summed E-state index contributed by atoms with van der Waals surface area (Å²) in [6.07, 6.45) is -6.01. The van der Waals surface area contributed by atoms with Crippen molar-refractivity contribution in [2.75, 3.05) is 0 Å². The van der Waals surface area contributed by atoms with Crippen LogP contribution in [0.4, 0.5) is 13.2 Å². The molecule has 0 amide bonds. The summed E-state index contributed by atoms with van der Waals surface area (Å²) in [5.41, 5.74) is 4.25. The number of hydrogen-bond donors (Lipinski definition) is 0. The lowest BCUT2D eigenvalue weighted by Crippen LogP contribution is -2.26. The van der Waals surface area contributed by atoms with Crippen molar-refractivity contribution in [2.24, 2.45) is 0 Å². The highest BCUT2D eigenvalue weighted by Gasteiger charge is 2.37. The topological polar surface area (TPSA) is 86.5 Å². The molecule has 0 aliphatic rings. The number of fused-ring (bicyclic) bond motifs is 1. The van der Waals surface area contributed by atoms with Gasteiger partial charge in [-0.2, -0.15) is 18.2 Å². The molecule has 0 aliphatic heterocycles. The first-order valence-corrected chi connectivity index (χ1v) is 9.91. The van der Waals surface area contributed by atoms with E-state index in [1.165, 1.54) is 13.8 Å². The smallest absolute Gasteiger partial charge is 0.453 e. The molecule has 170 valence electrons. The van der Waals surface area contributed by atoms with E-state index in [1.54, 1.807) is 13.0 Å². The van der Waals surface area contributed by atoms with Crippen LogP contribution in [-0.2, 0) is 22.1 Å². The van der Waals surface area contributed by atoms with Gasteiger partial charge in [-0.3, -0.25) is 9.59 Å². The van der Waals surface area contributed by atoms with Crippen LogP contribution < -0.4 is 0 Å². The molecular weight excluding hydrogens is 425 g/mol. The van der Waals surface area contributed by atoms with Crippen molar-refractivity contribution in [3.05, 3.63) is 57.2 Å². The van der Waals surface area contributed by atoms with Crippen LogP contribution in [-0.4, -0.2) is 37.4 Å². The molecule has 0 N–H and O–H groups in total. The van der Waals surface area contributed by atoms with Crippen LogP contribution in [0.5, 0.6) is 0 Å². The SMILES string of the molecule is Cc1cc(C)c(C(=O)C(C)OC(=O)Cc2c(C)nc3nc(C(F)(F)F)nn3c2C)cc1C. The molecule has 0 bridgehead atoms. The number of halogens is 3. The molecule has 3 rings (SSSR count). The zero-order valence-corrected chi connectivity index (χ0v) is 18.6. The van der Waals surface area contributed by atoms with E-state index in [0.29, 0.717) is 16.8 Å². The van der Waals surface area contributed by atoms with Gasteiger partial charge in [-0.25, -0.2) is 9.50 Å². The quantitative estimate of drug-likeness (QED) is 0.433. The second-order valence-electron chi connectivity index (χ2n) is 7.83. The number of Topliss-reactive ketones (excluding diaryl/α,β-unsaturated/α-hetero) is 1. The first-order valence-electron chi connectivity index (χ1n) is 9.91. The van der Waals surface area contributed by atoms with Crippen LogP contribution in [0.15, 0.2) is 12.1 Å². The second-order valence-corrected chi connectivity index (χ2v) is 7.83. The summed E-state index contributed by atoms with van der Waals surface area (Å²) >= 11 is 0. The normalized spacial score (nSPS) is 12.8. The van der Waals surface area contributed by atoms with Crippen molar-refractivity contribution in [1.29, 1.82) is 0 Å². The average molecular weight is 448 g/mol. The molecule has 32 heavy (non-hydrogen) atoms. The van der Waals surface area contributed by atoms with Crippen molar-refractivity contribution in [3.8, 4) is 0 Å². The minimum absolute atomic E-state index is 0.210. The first-order chi connectivity index (χ1) is 14.8. The molecule has 0 saturated heterocycles. The monoisotopic (exact) mass is 448 g/mol. The Balaban J connectivity index is 1.81. The van der Waals surface area contributed by atoms with Crippen molar-refractivity contribution < 1.29 is 27.5 Å². The molecule has 1 atom stereocenters. The molecular formula is C22H23F3N4O3. The van der Waals surface area contributed by atoms with Crippen molar-refractivity contribution >= 4 is 17.5 Å². The van der Waals surface area contributed by atoms with Gasteiger partial charge in [0.15, 0.2) is 6.10 Å². The van der Waals surface area contributed by atoms with Crippen LogP contribution in [0.3, 0.4) is 0 Å². The summed E-state index contributed by atoms with van der Waals surface area (Å²) in [4.78, 5) is 32.8. The highest BCUT2D eigenvalue weighted by molar-refractivity contribution is 6.01. The molecule has 0 spiro atoms. The second kappa shape index (κ2) is 8.33. The van der Waals surface area contributed by atoms with Crippen LogP contribution in [0.25, 0.3) is 5.78 Å². The first kappa shape index (κ1) is 23.4. The number of carbonyl (C=O) groups excluding carboxylic acids is 2. The lowest BCUT2D eigenvalue weighted by molar-refractivity contribution is -0.146. The van der Waals surface area contributed by atoms with Gasteiger partial charge < -0.3 is 4.74 Å². The standard InChI is InChI=1S/C22H23F3N4O3/c1-10-7-12(3)16(8-11(10)2)19(31)15(6)32-18(30)9-17-13(4)26-21-27-20(22(23,24)25)28-29(21)14(17)5/h7-8,15H,9H2,1-6H3. The lowest BCUT2D eigenvalue weighted by atomic mass is 9.96. The number of rotatable bonds is 5. The third-order valence-electron chi connectivity index (χ3n) is 5.41. The maximum Gasteiger partial charge on any atom is 0.453 e. The number of aryl methyl sites for hydroxylation is 5. The molecule has 1 unspecified atom stereocenters. The lowest BCUT2D eigenvalue weighted by Gasteiger charge is -2.16. The minimum Gasteiger partial charge on any atom is -0.454 e. The Hall–Kier alpha value is -3.30. The Kier molecular flexibility index (Phi) is 6.08. The van der Waals surface area contributed by atoms with Gasteiger partial charge in [-0.1, -0.05) is 6.07 Å². The maximum atomic E-state index is 12.9. The van der Waals surface area contributed by atoms with Crippen molar-refractivity contribution in [2.45, 2.75) is 60.2 Å². The number of aromatic nitrogens is 4. The number of alkyl halides is 3. The summed E-state index contributed by atoms with van der Waals surface area (Å²) in [6.45, 7) is 10.2. The van der Waals surface area contributed by atoms with E-state index in [0.717, 1.165) is 21.2 Å². The van der Waals surface area contributed by atoms with E-state index in [9.17, 15) is 22.8 Å². The van der Waals surface area contributed by atoms with Crippen LogP contribution >= 0.6 is 0 Å². The Morgan fingerprint density at radius 2 is 1.66 bits per heavy atom. The van der Waals surface area contributed by atoms with Crippen LogP contribution in [0, 0.1) is 34.6 Å². The summed E-state index contributed by atoms with van der Waals surface area (Å²) < 4.78 is 45.1. The van der Waals surface area contributed by atoms with Crippen molar-refractivity contribution in [1.82, 2.24) is 19.6 Å². The van der Waals surface area contributed by atoms with E-state index in [4.69, 9.17) is 4.74 Å². The summed E-state index contributed by atoms with van der Waals surface area (Å²) in [7, 11) is 0. The number of benzene rings is 1. The molecule has 0 fully saturated rings. The van der Waals surface area contributed by atoms with Gasteiger partial charge in [0.1, 0.15) is 0 Å². The Labute approximate surface area is 182 Å². The zero-order chi connectivity index (χ0) is 24.0. The fourth-order valence-corrected chi connectivity index (χ4v) is 3.47. The van der Waals surface area contributed by atoms with E-state index in [2.05, 4.69) is 15.1 Å². The fourth-order valence-electron chi connectivity index (χ4n) is 3.47. The third kappa shape index (κ3) is 4.49. The predicted octanol–water partition coefficient (Wildman–Crippen LogP) is 4.04. The zero-order valence-electron chi connectivity index (χ0n) is 18.6. The molecule has 7 nitrogen and oxygen atoms in total. The third-order valence-corrected chi connectivity index (χ3v) is 5.41. The Morgan fingerprint density at radius 3 is 2.28 bits per heavy atom. The highest BCUT2D eigenvalue weighted by atomic mass is 19.4. The van der Waals surface area contributed by atoms with Gasteiger partial charge in [0, 0.05) is 22.5 Å². The van der Waals surface area contributed by atoms with Gasteiger partial charge in [-0.05, 0) is 64.3 Å². The summed E-state index contributed by atoms with van der Waals surface area (Å²) in [5, 5.41) is 3.46. The fraction of sp³-hybridized carbons (Fsp3) is 0.409. The van der Waals surface area contributed by atoms with Crippen molar-refractivity contribution in [3.63, 3.8) is 0 Å². The molecule has 1 aromatic carbocycles. The van der Waals surface area contributed by atoms with Gasteiger partial charge >= 0.3 is 12.1 Å². The number of hydrogen-bond acceptors (Lipinski definition) is 6. The van der Waals surface area contributed by atoms with E-state index < -0.39 is 24.1 Å². The average Bonchev–Trinajstić information content (AvgIpc) is 3.12. The van der Waals surface area contributed by atoms with E-state index in [1.807, 2.05) is 26.8 Å². The molecule has 0 aliphatic carbocycles. The Bertz CT molecular complexity index is 1230. The minimum atomic E-state index is -4.71. The number of ether oxygens (including phenoxy) is 1. The van der Waals surface area contributed by atoms with Crippen LogP contribution in [0.2, 0.25) is 0 Å². The van der Waals surface area contributed by atoms with E-state index >= 15 is 0 Å². The molecule has 0 saturated carbocycles. The Morgan fingerprint density at radius 1 is 1.03 bits per heavy atom. The van der Waals surface area contributed by atoms with Gasteiger partial charge in [0.2, 0.25) is 5.78 Å². The van der Waals surface area contributed by atoms with Gasteiger partial charge in [0.05, 0.1) is 6.42 Å². The predicted molar refractivity (Wildman–Crippen MR) is 109 cm³/mol. The summed E-state index contributed by atoms with van der Waals surface area (Å²) in [6, 6.07) is 3.67. The maximum absolute atomic E-state index is 12.9. The largest absolute Gasteiger partial charge is 0.454 e. The molecule has 3 aromatic rings. The molecule has 2 heterocycles. The highest BCUT2D eigenvalue weighted by Crippen LogP contribution is 2.27. The van der Waals surface area contributed by atoms with Crippen LogP contribution in [0.1, 0.15) is 56.7 Å². The summed E-state index contributed by atoms with van der Waals surface area (Å²) in [5.74, 6) is -2.55. The van der Waals surface area contributed by atoms with Gasteiger partial charge in [-0.15, -0.1) is 5.10 Å². The molecule has 0 radical (unpaired) electrons. The van der Waals surface area contributed by atoms with E-state index in [-0.39, 0.29) is 23.7 Å². The number of nitrogens with zero attached hydrogens (tertiary/aromatic N) is 4.